The average Bonchev–Trinajstić information content (AvgIpc) is 3.05. The lowest BCUT2D eigenvalue weighted by Gasteiger charge is -2.40. The van der Waals surface area contributed by atoms with Gasteiger partial charge in [0.15, 0.2) is 11.4 Å². The van der Waals surface area contributed by atoms with Gasteiger partial charge in [0.1, 0.15) is 0 Å². The zero-order valence-corrected chi connectivity index (χ0v) is 14.8. The molecule has 0 spiro atoms. The highest BCUT2D eigenvalue weighted by molar-refractivity contribution is 5.86. The van der Waals surface area contributed by atoms with Crippen LogP contribution >= 0.6 is 0 Å². The van der Waals surface area contributed by atoms with Gasteiger partial charge in [-0.3, -0.25) is 9.69 Å². The summed E-state index contributed by atoms with van der Waals surface area (Å²) in [4.78, 5) is 16.5. The average molecular weight is 343 g/mol. The molecule has 1 aliphatic heterocycles. The lowest BCUT2D eigenvalue weighted by Crippen LogP contribution is -2.57. The molecule has 2 aromatic rings. The van der Waals surface area contributed by atoms with Gasteiger partial charge >= 0.3 is 0 Å². The fourth-order valence-corrected chi connectivity index (χ4v) is 3.49. The lowest BCUT2D eigenvalue weighted by atomic mass is 9.90. The minimum absolute atomic E-state index is 0.190. The van der Waals surface area contributed by atoms with Gasteiger partial charge in [-0.05, 0) is 32.4 Å². The quantitative estimate of drug-likeness (QED) is 0.868. The van der Waals surface area contributed by atoms with Crippen LogP contribution in [0.3, 0.4) is 0 Å². The number of aromatic nitrogens is 1. The zero-order valence-electron chi connectivity index (χ0n) is 14.8. The second-order valence-electron chi connectivity index (χ2n) is 7.00. The molecule has 0 radical (unpaired) electrons. The Morgan fingerprint density at radius 1 is 1.40 bits per heavy atom. The molecule has 25 heavy (non-hydrogen) atoms. The van der Waals surface area contributed by atoms with E-state index < -0.39 is 5.60 Å². The molecule has 0 aliphatic carbocycles. The molecule has 3 rings (SSSR count). The predicted octanol–water partition coefficient (Wildman–Crippen LogP) is 1.97. The van der Waals surface area contributed by atoms with Crippen molar-refractivity contribution in [2.24, 2.45) is 0 Å². The summed E-state index contributed by atoms with van der Waals surface area (Å²) in [5.41, 5.74) is 0.910. The second-order valence-corrected chi connectivity index (χ2v) is 7.00. The molecule has 1 aromatic heterocycles. The van der Waals surface area contributed by atoms with E-state index >= 15 is 0 Å². The summed E-state index contributed by atoms with van der Waals surface area (Å²) in [6.45, 7) is 4.04. The first kappa shape index (κ1) is 17.6. The van der Waals surface area contributed by atoms with Gasteiger partial charge in [-0.15, -0.1) is 0 Å². The number of likely N-dealkylation sites (tertiary alicyclic amines) is 1. The number of hydrogen-bond acceptors (Lipinski definition) is 5. The van der Waals surface area contributed by atoms with Crippen LogP contribution in [-0.2, 0) is 17.9 Å². The number of carbonyl (C=O) groups is 1. The molecule has 0 bridgehead atoms. The first-order valence-corrected chi connectivity index (χ1v) is 8.62. The van der Waals surface area contributed by atoms with E-state index in [2.05, 4.69) is 11.2 Å². The molecule has 1 saturated heterocycles. The molecule has 6 nitrogen and oxygen atoms in total. The summed E-state index contributed by atoms with van der Waals surface area (Å²) in [5, 5.41) is 14.6. The topological polar surface area (TPSA) is 69.8 Å². The monoisotopic (exact) mass is 343 g/mol. The number of aryl methyl sites for hydroxylation is 1. The van der Waals surface area contributed by atoms with Gasteiger partial charge in [-0.25, -0.2) is 0 Å². The zero-order chi connectivity index (χ0) is 17.9. The number of nitrogens with zero attached hydrogens (tertiary/aromatic N) is 3. The van der Waals surface area contributed by atoms with Crippen LogP contribution in [0, 0.1) is 6.92 Å². The van der Waals surface area contributed by atoms with Gasteiger partial charge < -0.3 is 14.5 Å². The summed E-state index contributed by atoms with van der Waals surface area (Å²) in [5.74, 6) is 0.524. The van der Waals surface area contributed by atoms with E-state index in [4.69, 9.17) is 4.52 Å². The van der Waals surface area contributed by atoms with Crippen LogP contribution in [0.15, 0.2) is 41.1 Å². The Kier molecular flexibility index (Phi) is 5.20. The van der Waals surface area contributed by atoms with Crippen molar-refractivity contribution in [2.75, 3.05) is 20.1 Å². The summed E-state index contributed by atoms with van der Waals surface area (Å²) in [7, 11) is 1.87. The maximum Gasteiger partial charge on any atom is 0.256 e. The first-order chi connectivity index (χ1) is 12.0. The molecule has 6 heteroatoms. The van der Waals surface area contributed by atoms with Crippen molar-refractivity contribution in [1.29, 1.82) is 0 Å². The number of rotatable bonds is 6. The summed E-state index contributed by atoms with van der Waals surface area (Å²) >= 11 is 0. The van der Waals surface area contributed by atoms with Gasteiger partial charge in [0.05, 0.1) is 12.7 Å². The standard InChI is InChI=1S/C19H25N3O3/c1-15-5-3-6-16(11-15)12-22-10-4-8-19(24,18(22)23)14-21(2)13-17-7-9-20-25-17/h3,5-7,9,11,24H,4,8,10,12-14H2,1-2H3. The largest absolute Gasteiger partial charge is 0.379 e. The van der Waals surface area contributed by atoms with E-state index in [0.717, 1.165) is 12.0 Å². The number of carbonyl (C=O) groups excluding carboxylic acids is 1. The van der Waals surface area contributed by atoms with Gasteiger partial charge in [-0.1, -0.05) is 35.0 Å². The van der Waals surface area contributed by atoms with Crippen LogP contribution in [0.4, 0.5) is 0 Å². The van der Waals surface area contributed by atoms with Crippen molar-refractivity contribution >= 4 is 5.91 Å². The minimum atomic E-state index is -1.35. The van der Waals surface area contributed by atoms with Crippen molar-refractivity contribution in [1.82, 2.24) is 15.0 Å². The molecule has 1 aliphatic rings. The van der Waals surface area contributed by atoms with Crippen LogP contribution in [0.1, 0.15) is 29.7 Å². The SMILES string of the molecule is Cc1cccc(CN2CCCC(O)(CN(C)Cc3ccno3)C2=O)c1. The third-order valence-corrected chi connectivity index (χ3v) is 4.61. The predicted molar refractivity (Wildman–Crippen MR) is 93.6 cm³/mol. The normalized spacial score (nSPS) is 21.1. The molecule has 1 fully saturated rings. The Labute approximate surface area is 148 Å². The fraction of sp³-hybridized carbons (Fsp3) is 0.474. The molecule has 1 N–H and O–H groups in total. The molecular weight excluding hydrogens is 318 g/mol. The van der Waals surface area contributed by atoms with Crippen LogP contribution in [-0.4, -0.2) is 51.7 Å². The third kappa shape index (κ3) is 4.27. The van der Waals surface area contributed by atoms with Crippen LogP contribution in [0.25, 0.3) is 0 Å². The fourth-order valence-electron chi connectivity index (χ4n) is 3.49. The minimum Gasteiger partial charge on any atom is -0.379 e. The maximum atomic E-state index is 12.9. The van der Waals surface area contributed by atoms with E-state index in [1.54, 1.807) is 17.2 Å². The maximum absolute atomic E-state index is 12.9. The van der Waals surface area contributed by atoms with E-state index in [1.165, 1.54) is 5.56 Å². The molecule has 1 unspecified atom stereocenters. The molecular formula is C19H25N3O3. The number of piperidine rings is 1. The first-order valence-electron chi connectivity index (χ1n) is 8.62. The van der Waals surface area contributed by atoms with Crippen molar-refractivity contribution in [3.63, 3.8) is 0 Å². The summed E-state index contributed by atoms with van der Waals surface area (Å²) in [6, 6.07) is 9.92. The van der Waals surface area contributed by atoms with Crippen LogP contribution in [0.5, 0.6) is 0 Å². The van der Waals surface area contributed by atoms with Crippen LogP contribution < -0.4 is 0 Å². The Morgan fingerprint density at radius 3 is 2.96 bits per heavy atom. The molecule has 2 heterocycles. The molecule has 0 saturated carbocycles. The second kappa shape index (κ2) is 7.37. The van der Waals surface area contributed by atoms with Crippen molar-refractivity contribution in [3.05, 3.63) is 53.4 Å². The van der Waals surface area contributed by atoms with Crippen molar-refractivity contribution in [2.45, 2.75) is 38.5 Å². The van der Waals surface area contributed by atoms with Crippen molar-refractivity contribution in [3.8, 4) is 0 Å². The third-order valence-electron chi connectivity index (χ3n) is 4.61. The van der Waals surface area contributed by atoms with Crippen LogP contribution in [0.2, 0.25) is 0 Å². The van der Waals surface area contributed by atoms with Gasteiger partial charge in [-0.2, -0.15) is 0 Å². The lowest BCUT2D eigenvalue weighted by molar-refractivity contribution is -0.160. The Bertz CT molecular complexity index is 716. The highest BCUT2D eigenvalue weighted by Crippen LogP contribution is 2.25. The molecule has 134 valence electrons. The Balaban J connectivity index is 1.65. The van der Waals surface area contributed by atoms with E-state index in [-0.39, 0.29) is 12.5 Å². The van der Waals surface area contributed by atoms with E-state index in [9.17, 15) is 9.90 Å². The molecule has 1 amide bonds. The Morgan fingerprint density at radius 2 is 2.24 bits per heavy atom. The number of likely N-dealkylation sites (N-methyl/N-ethyl adjacent to an activating group) is 1. The number of benzene rings is 1. The van der Waals surface area contributed by atoms with Crippen molar-refractivity contribution < 1.29 is 14.4 Å². The molecule has 1 aromatic carbocycles. The summed E-state index contributed by atoms with van der Waals surface area (Å²) in [6.07, 6.45) is 2.87. The van der Waals surface area contributed by atoms with E-state index in [0.29, 0.717) is 31.8 Å². The number of aliphatic hydroxyl groups is 1. The Hall–Kier alpha value is -2.18. The molecule has 1 atom stereocenters. The number of amides is 1. The van der Waals surface area contributed by atoms with E-state index in [1.807, 2.05) is 37.1 Å². The number of hydrogen-bond donors (Lipinski definition) is 1. The van der Waals surface area contributed by atoms with Gasteiger partial charge in [0.2, 0.25) is 0 Å². The smallest absolute Gasteiger partial charge is 0.256 e. The van der Waals surface area contributed by atoms with Gasteiger partial charge in [0.25, 0.3) is 5.91 Å². The highest BCUT2D eigenvalue weighted by atomic mass is 16.5. The van der Waals surface area contributed by atoms with Gasteiger partial charge in [0, 0.05) is 25.7 Å². The summed E-state index contributed by atoms with van der Waals surface area (Å²) < 4.78 is 5.10. The highest BCUT2D eigenvalue weighted by Gasteiger charge is 2.42.